The highest BCUT2D eigenvalue weighted by Gasteiger charge is 2.44. The maximum absolute atomic E-state index is 15.1. The van der Waals surface area contributed by atoms with Gasteiger partial charge in [-0.3, -0.25) is 4.79 Å². The van der Waals surface area contributed by atoms with Crippen LogP contribution in [0, 0.1) is 23.3 Å². The largest absolute Gasteiger partial charge is 0.493 e. The topological polar surface area (TPSA) is 120 Å². The van der Waals surface area contributed by atoms with Gasteiger partial charge in [-0.2, -0.15) is 18.2 Å². The Morgan fingerprint density at radius 2 is 1.67 bits per heavy atom. The number of nitrogens with one attached hydrogen (secondary N) is 2. The zero-order valence-electron chi connectivity index (χ0n) is 27.0. The van der Waals surface area contributed by atoms with E-state index >= 15 is 8.78 Å². The van der Waals surface area contributed by atoms with E-state index in [1.54, 1.807) is 21.0 Å². The van der Waals surface area contributed by atoms with Gasteiger partial charge in [0.05, 0.1) is 17.9 Å². The number of rotatable bonds is 9. The quantitative estimate of drug-likeness (QED) is 0.154. The van der Waals surface area contributed by atoms with E-state index in [0.717, 1.165) is 24.3 Å². The molecule has 268 valence electrons. The van der Waals surface area contributed by atoms with Crippen LogP contribution in [0.25, 0.3) is 11.3 Å². The fourth-order valence-electron chi connectivity index (χ4n) is 5.08. The Kier molecular flexibility index (Phi) is 10.4. The first-order valence-corrected chi connectivity index (χ1v) is 15.1. The number of aromatic nitrogens is 2. The van der Waals surface area contributed by atoms with Gasteiger partial charge in [0.15, 0.2) is 17.5 Å². The molecule has 1 aromatic heterocycles. The van der Waals surface area contributed by atoms with E-state index in [-0.39, 0.29) is 46.7 Å². The summed E-state index contributed by atoms with van der Waals surface area (Å²) in [6.07, 6.45) is -5.28. The Bertz CT molecular complexity index is 1990. The molecule has 0 bridgehead atoms. The number of fused-ring (bicyclic) bond motifs is 1. The molecule has 1 aliphatic heterocycles. The number of halogens is 7. The molecule has 0 radical (unpaired) electrons. The molecule has 5 rings (SSSR count). The van der Waals surface area contributed by atoms with E-state index in [1.807, 2.05) is 4.90 Å². The number of aryl methyl sites for hydroxylation is 1. The number of likely N-dealkylation sites (N-methyl/N-ethyl adjacent to an activating group) is 1. The molecule has 2 heterocycles. The summed E-state index contributed by atoms with van der Waals surface area (Å²) in [5, 5.41) is 5.40. The van der Waals surface area contributed by atoms with Crippen molar-refractivity contribution in [3.05, 3.63) is 94.6 Å². The average molecular weight is 720 g/mol. The number of carbonyl (C=O) groups is 3. The highest BCUT2D eigenvalue weighted by Crippen LogP contribution is 2.40. The number of benzene rings is 3. The van der Waals surface area contributed by atoms with Crippen LogP contribution in [-0.2, 0) is 22.6 Å². The van der Waals surface area contributed by atoms with Crippen molar-refractivity contribution in [3.63, 3.8) is 0 Å². The van der Waals surface area contributed by atoms with Crippen LogP contribution in [0.1, 0.15) is 28.4 Å². The first-order chi connectivity index (χ1) is 24.1. The minimum Gasteiger partial charge on any atom is -0.353 e. The van der Waals surface area contributed by atoms with E-state index in [9.17, 15) is 36.3 Å². The van der Waals surface area contributed by atoms with Gasteiger partial charge in [-0.1, -0.05) is 19.1 Å². The van der Waals surface area contributed by atoms with Gasteiger partial charge >= 0.3 is 18.2 Å². The molecular weight excluding hydrogens is 691 g/mol. The number of anilines is 4. The lowest BCUT2D eigenvalue weighted by Crippen LogP contribution is -2.43. The predicted octanol–water partition coefficient (Wildman–Crippen LogP) is 6.26. The summed E-state index contributed by atoms with van der Waals surface area (Å²) in [5.74, 6) is -9.58. The summed E-state index contributed by atoms with van der Waals surface area (Å²) in [4.78, 5) is 54.7. The summed E-state index contributed by atoms with van der Waals surface area (Å²) < 4.78 is 97.7. The molecule has 0 fully saturated rings. The van der Waals surface area contributed by atoms with Crippen molar-refractivity contribution in [2.75, 3.05) is 42.5 Å². The highest BCUT2D eigenvalue weighted by molar-refractivity contribution is 6.07. The Labute approximate surface area is 285 Å². The van der Waals surface area contributed by atoms with Crippen LogP contribution in [0.4, 0.5) is 58.7 Å². The van der Waals surface area contributed by atoms with Crippen LogP contribution in [0.3, 0.4) is 0 Å². The summed E-state index contributed by atoms with van der Waals surface area (Å²) in [7, 11) is 3.61. The van der Waals surface area contributed by atoms with Crippen molar-refractivity contribution >= 4 is 41.0 Å². The third-order valence-corrected chi connectivity index (χ3v) is 7.54. The Balaban J connectivity index is 1.70. The van der Waals surface area contributed by atoms with Crippen LogP contribution in [-0.4, -0.2) is 66.1 Å². The smallest absolute Gasteiger partial charge is 0.353 e. The third kappa shape index (κ3) is 7.69. The van der Waals surface area contributed by atoms with Crippen molar-refractivity contribution in [1.29, 1.82) is 0 Å². The SMILES string of the molecule is CCc1ccc(C(=O)N(OC(=O)C(F)(F)F)c2ccc(F)c(F)c2)cc1-c1nc(NCCN(C)C)nc2c1CNC(=O)N2c1c(F)cccc1F. The van der Waals surface area contributed by atoms with Crippen molar-refractivity contribution in [3.8, 4) is 11.3 Å². The van der Waals surface area contributed by atoms with Gasteiger partial charge in [0.25, 0.3) is 5.91 Å². The van der Waals surface area contributed by atoms with Crippen LogP contribution < -0.4 is 20.6 Å². The Morgan fingerprint density at radius 3 is 2.29 bits per heavy atom. The number of urea groups is 1. The molecule has 2 N–H and O–H groups in total. The van der Waals surface area contributed by atoms with Gasteiger partial charge < -0.3 is 20.4 Å². The molecule has 11 nitrogen and oxygen atoms in total. The number of amides is 3. The highest BCUT2D eigenvalue weighted by atomic mass is 19.4. The second-order valence-electron chi connectivity index (χ2n) is 11.3. The van der Waals surface area contributed by atoms with E-state index < -0.39 is 64.3 Å². The minimum atomic E-state index is -5.57. The van der Waals surface area contributed by atoms with Gasteiger partial charge in [-0.15, -0.1) is 5.06 Å². The van der Waals surface area contributed by atoms with E-state index in [0.29, 0.717) is 35.6 Å². The van der Waals surface area contributed by atoms with Gasteiger partial charge in [-0.05, 0) is 62.5 Å². The number of hydroxylamine groups is 1. The number of nitrogens with zero attached hydrogens (tertiary/aromatic N) is 5. The molecule has 3 aromatic carbocycles. The standard InChI is InChI=1S/C33H28F7N7O4/c1-4-17-8-9-18(29(48)47(51-30(49)33(38,39)40)19-10-11-22(34)25(37)15-19)14-20(17)26-21-16-42-32(50)46(27-23(35)6-5-7-24(27)36)28(21)44-31(43-26)41-12-13-45(2)3/h5-11,14-15H,4,12-13,16H2,1-3H3,(H,42,50)(H,41,43,44). The molecule has 0 spiro atoms. The zero-order valence-corrected chi connectivity index (χ0v) is 27.0. The normalized spacial score (nSPS) is 12.8. The molecule has 1 aliphatic rings. The van der Waals surface area contributed by atoms with E-state index in [1.165, 1.54) is 18.2 Å². The lowest BCUT2D eigenvalue weighted by Gasteiger charge is -2.31. The number of carbonyl (C=O) groups excluding carboxylic acids is 3. The van der Waals surface area contributed by atoms with Gasteiger partial charge in [0.1, 0.15) is 17.3 Å². The number of hydrogen-bond acceptors (Lipinski definition) is 8. The number of hydrogen-bond donors (Lipinski definition) is 2. The molecule has 3 amide bonds. The van der Waals surface area contributed by atoms with Gasteiger partial charge in [-0.25, -0.2) is 37.0 Å². The van der Waals surface area contributed by atoms with Gasteiger partial charge in [0, 0.05) is 35.8 Å². The van der Waals surface area contributed by atoms with Crippen molar-refractivity contribution in [2.45, 2.75) is 26.1 Å². The van der Waals surface area contributed by atoms with Gasteiger partial charge in [0.2, 0.25) is 5.95 Å². The monoisotopic (exact) mass is 719 g/mol. The van der Waals surface area contributed by atoms with Crippen molar-refractivity contribution in [1.82, 2.24) is 20.2 Å². The van der Waals surface area contributed by atoms with Crippen LogP contribution >= 0.6 is 0 Å². The van der Waals surface area contributed by atoms with Crippen LogP contribution in [0.15, 0.2) is 54.6 Å². The lowest BCUT2D eigenvalue weighted by molar-refractivity contribution is -0.200. The Hall–Kier alpha value is -5.78. The maximum Gasteiger partial charge on any atom is 0.493 e. The third-order valence-electron chi connectivity index (χ3n) is 7.54. The molecule has 4 aromatic rings. The molecule has 0 atom stereocenters. The summed E-state index contributed by atoms with van der Waals surface area (Å²) in [5.41, 5.74) is -0.965. The molecule has 0 aliphatic carbocycles. The first kappa shape index (κ1) is 36.5. The molecule has 0 saturated carbocycles. The van der Waals surface area contributed by atoms with Crippen LogP contribution in [0.5, 0.6) is 0 Å². The predicted molar refractivity (Wildman–Crippen MR) is 170 cm³/mol. The summed E-state index contributed by atoms with van der Waals surface area (Å²) in [6.45, 7) is 2.26. The maximum atomic E-state index is 15.1. The first-order valence-electron chi connectivity index (χ1n) is 15.1. The fourth-order valence-corrected chi connectivity index (χ4v) is 5.08. The summed E-state index contributed by atoms with van der Waals surface area (Å²) in [6, 6.07) is 7.55. The molecule has 18 heteroatoms. The molecule has 51 heavy (non-hydrogen) atoms. The number of alkyl halides is 3. The number of para-hydroxylation sites is 1. The summed E-state index contributed by atoms with van der Waals surface area (Å²) >= 11 is 0. The molecule has 0 saturated heterocycles. The Morgan fingerprint density at radius 1 is 0.961 bits per heavy atom. The zero-order chi connectivity index (χ0) is 37.2. The minimum absolute atomic E-state index is 0.0623. The van der Waals surface area contributed by atoms with E-state index in [2.05, 4.69) is 25.4 Å². The fraction of sp³-hybridized carbons (Fsp3) is 0.242. The molecular formula is C33H28F7N7O4. The van der Waals surface area contributed by atoms with E-state index in [4.69, 9.17) is 0 Å². The second-order valence-corrected chi connectivity index (χ2v) is 11.3. The van der Waals surface area contributed by atoms with Crippen LogP contribution in [0.2, 0.25) is 0 Å². The molecule has 0 unspecified atom stereocenters. The van der Waals surface area contributed by atoms with Crippen molar-refractivity contribution in [2.24, 2.45) is 0 Å². The lowest BCUT2D eigenvalue weighted by atomic mass is 9.95. The average Bonchev–Trinajstić information content (AvgIpc) is 3.07. The van der Waals surface area contributed by atoms with Crippen molar-refractivity contribution < 1.29 is 50.0 Å². The second kappa shape index (κ2) is 14.6.